The Labute approximate surface area is 118 Å². The summed E-state index contributed by atoms with van der Waals surface area (Å²) >= 11 is 6.69. The Morgan fingerprint density at radius 3 is 2.29 bits per heavy atom. The molecule has 1 aromatic rings. The first-order valence-corrected chi connectivity index (χ1v) is 6.69. The van der Waals surface area contributed by atoms with Crippen molar-refractivity contribution in [2.24, 2.45) is 0 Å². The molecular formula is C12H15Br2NO2. The molecule has 1 aromatic carbocycles. The Morgan fingerprint density at radius 2 is 1.82 bits per heavy atom. The lowest BCUT2D eigenvalue weighted by Gasteiger charge is -2.21. The molecule has 0 fully saturated rings. The largest absolute Gasteiger partial charge is 0.456 e. The summed E-state index contributed by atoms with van der Waals surface area (Å²) in [5, 5.41) is 0. The van der Waals surface area contributed by atoms with Crippen LogP contribution in [-0.2, 0) is 4.74 Å². The lowest BCUT2D eigenvalue weighted by atomic mass is 10.1. The predicted octanol–water partition coefficient (Wildman–Crippen LogP) is 4.06. The van der Waals surface area contributed by atoms with Crippen molar-refractivity contribution in [3.8, 4) is 0 Å². The van der Waals surface area contributed by atoms with Crippen molar-refractivity contribution in [3.63, 3.8) is 0 Å². The van der Waals surface area contributed by atoms with Crippen LogP contribution in [0, 0.1) is 6.92 Å². The molecule has 2 N–H and O–H groups in total. The molecule has 0 saturated heterocycles. The number of benzene rings is 1. The van der Waals surface area contributed by atoms with E-state index in [1.807, 2.05) is 20.8 Å². The second-order valence-electron chi connectivity index (χ2n) is 4.76. The van der Waals surface area contributed by atoms with Crippen LogP contribution in [0.4, 0.5) is 5.69 Å². The fraction of sp³-hybridized carbons (Fsp3) is 0.417. The van der Waals surface area contributed by atoms with Crippen molar-refractivity contribution in [3.05, 3.63) is 26.1 Å². The van der Waals surface area contributed by atoms with Crippen molar-refractivity contribution in [2.45, 2.75) is 33.3 Å². The standard InChI is InChI=1S/C12H15Br2NO2/c1-6-9(11(16)17-12(2,3)4)7(13)5-8(14)10(6)15/h5H,15H2,1-4H3. The molecule has 0 unspecified atom stereocenters. The number of hydrogen-bond donors (Lipinski definition) is 1. The Hall–Kier alpha value is -0.550. The van der Waals surface area contributed by atoms with Crippen LogP contribution in [0.1, 0.15) is 36.7 Å². The van der Waals surface area contributed by atoms with Crippen molar-refractivity contribution in [2.75, 3.05) is 5.73 Å². The summed E-state index contributed by atoms with van der Waals surface area (Å²) in [6.07, 6.45) is 0. The lowest BCUT2D eigenvalue weighted by molar-refractivity contribution is 0.00678. The highest BCUT2D eigenvalue weighted by atomic mass is 79.9. The van der Waals surface area contributed by atoms with Gasteiger partial charge >= 0.3 is 5.97 Å². The quantitative estimate of drug-likeness (QED) is 0.603. The third-order valence-electron chi connectivity index (χ3n) is 2.13. The number of hydrogen-bond acceptors (Lipinski definition) is 3. The highest BCUT2D eigenvalue weighted by molar-refractivity contribution is 9.11. The predicted molar refractivity (Wildman–Crippen MR) is 76.2 cm³/mol. The number of rotatable bonds is 1. The van der Waals surface area contributed by atoms with Crippen molar-refractivity contribution in [1.82, 2.24) is 0 Å². The fourth-order valence-corrected chi connectivity index (χ4v) is 2.86. The molecule has 3 nitrogen and oxygen atoms in total. The van der Waals surface area contributed by atoms with Gasteiger partial charge in [0.25, 0.3) is 0 Å². The lowest BCUT2D eigenvalue weighted by Crippen LogP contribution is -2.24. The molecule has 0 aliphatic rings. The van der Waals surface area contributed by atoms with Gasteiger partial charge in [-0.25, -0.2) is 4.79 Å². The molecule has 17 heavy (non-hydrogen) atoms. The number of esters is 1. The van der Waals surface area contributed by atoms with Gasteiger partial charge in [-0.15, -0.1) is 0 Å². The van der Waals surface area contributed by atoms with E-state index in [4.69, 9.17) is 10.5 Å². The molecule has 5 heteroatoms. The summed E-state index contributed by atoms with van der Waals surface area (Å²) in [5.41, 5.74) is 7.09. The van der Waals surface area contributed by atoms with Gasteiger partial charge in [0.2, 0.25) is 0 Å². The molecule has 0 aromatic heterocycles. The molecule has 0 atom stereocenters. The van der Waals surface area contributed by atoms with Gasteiger partial charge in [0.05, 0.1) is 5.56 Å². The fourth-order valence-electron chi connectivity index (χ4n) is 1.33. The molecule has 0 aliphatic carbocycles. The van der Waals surface area contributed by atoms with Gasteiger partial charge in [0.1, 0.15) is 5.60 Å². The first-order chi connectivity index (χ1) is 7.63. The molecule has 0 heterocycles. The van der Waals surface area contributed by atoms with Crippen LogP contribution in [0.25, 0.3) is 0 Å². The zero-order chi connectivity index (χ0) is 13.4. The maximum Gasteiger partial charge on any atom is 0.340 e. The molecule has 0 spiro atoms. The van der Waals surface area contributed by atoms with Crippen molar-refractivity contribution < 1.29 is 9.53 Å². The van der Waals surface area contributed by atoms with Gasteiger partial charge in [0.15, 0.2) is 0 Å². The SMILES string of the molecule is Cc1c(N)c(Br)cc(Br)c1C(=O)OC(C)(C)C. The normalized spacial score (nSPS) is 11.4. The summed E-state index contributed by atoms with van der Waals surface area (Å²) in [5.74, 6) is -0.374. The van der Waals surface area contributed by atoms with E-state index in [9.17, 15) is 4.79 Å². The molecule has 0 radical (unpaired) electrons. The smallest absolute Gasteiger partial charge is 0.340 e. The van der Waals surface area contributed by atoms with Crippen LogP contribution < -0.4 is 5.73 Å². The van der Waals surface area contributed by atoms with Crippen molar-refractivity contribution >= 4 is 43.5 Å². The molecule has 1 rings (SSSR count). The molecule has 0 saturated carbocycles. The molecule has 0 aliphatic heterocycles. The Morgan fingerprint density at radius 1 is 1.29 bits per heavy atom. The van der Waals surface area contributed by atoms with E-state index in [-0.39, 0.29) is 5.97 Å². The van der Waals surface area contributed by atoms with Crippen molar-refractivity contribution in [1.29, 1.82) is 0 Å². The maximum atomic E-state index is 12.0. The van der Waals surface area contributed by atoms with E-state index in [0.717, 1.165) is 4.47 Å². The molecule has 94 valence electrons. The van der Waals surface area contributed by atoms with Gasteiger partial charge < -0.3 is 10.5 Å². The van der Waals surface area contributed by atoms with Crippen LogP contribution in [0.15, 0.2) is 15.0 Å². The minimum Gasteiger partial charge on any atom is -0.456 e. The average Bonchev–Trinajstić information content (AvgIpc) is 2.11. The summed E-state index contributed by atoms with van der Waals surface area (Å²) in [6, 6.07) is 1.75. The summed E-state index contributed by atoms with van der Waals surface area (Å²) < 4.78 is 6.77. The van der Waals surface area contributed by atoms with E-state index >= 15 is 0 Å². The second kappa shape index (κ2) is 4.98. The molecule has 0 amide bonds. The first-order valence-electron chi connectivity index (χ1n) is 5.11. The number of anilines is 1. The minimum absolute atomic E-state index is 0.374. The second-order valence-corrected chi connectivity index (χ2v) is 6.46. The highest BCUT2D eigenvalue weighted by Crippen LogP contribution is 2.33. The van der Waals surface area contributed by atoms with Gasteiger partial charge in [-0.3, -0.25) is 0 Å². The van der Waals surface area contributed by atoms with Crippen LogP contribution in [0.3, 0.4) is 0 Å². The number of ether oxygens (including phenoxy) is 1. The Kier molecular flexibility index (Phi) is 4.25. The van der Waals surface area contributed by atoms with Gasteiger partial charge in [-0.05, 0) is 71.2 Å². The number of carbonyl (C=O) groups is 1. The summed E-state index contributed by atoms with van der Waals surface area (Å²) in [6.45, 7) is 7.28. The van der Waals surface area contributed by atoms with Crippen LogP contribution in [0.5, 0.6) is 0 Å². The van der Waals surface area contributed by atoms with Gasteiger partial charge in [-0.1, -0.05) is 0 Å². The van der Waals surface area contributed by atoms with E-state index in [1.54, 1.807) is 13.0 Å². The average molecular weight is 365 g/mol. The van der Waals surface area contributed by atoms with E-state index in [2.05, 4.69) is 31.9 Å². The molecule has 0 bridgehead atoms. The third kappa shape index (κ3) is 3.45. The van der Waals surface area contributed by atoms with E-state index < -0.39 is 5.60 Å². The Balaban J connectivity index is 3.24. The maximum absolute atomic E-state index is 12.0. The minimum atomic E-state index is -0.523. The van der Waals surface area contributed by atoms with Crippen LogP contribution >= 0.6 is 31.9 Å². The summed E-state index contributed by atoms with van der Waals surface area (Å²) in [7, 11) is 0. The highest BCUT2D eigenvalue weighted by Gasteiger charge is 2.23. The first kappa shape index (κ1) is 14.5. The zero-order valence-electron chi connectivity index (χ0n) is 10.2. The number of nitrogens with two attached hydrogens (primary N) is 1. The van der Waals surface area contributed by atoms with Gasteiger partial charge in [0, 0.05) is 14.6 Å². The Bertz CT molecular complexity index is 465. The summed E-state index contributed by atoms with van der Waals surface area (Å²) in [4.78, 5) is 12.0. The number of nitrogen functional groups attached to an aromatic ring is 1. The zero-order valence-corrected chi connectivity index (χ0v) is 13.4. The van der Waals surface area contributed by atoms with E-state index in [0.29, 0.717) is 21.3 Å². The number of carbonyl (C=O) groups excluding carboxylic acids is 1. The number of halogens is 2. The van der Waals surface area contributed by atoms with Crippen LogP contribution in [0.2, 0.25) is 0 Å². The van der Waals surface area contributed by atoms with Crippen LogP contribution in [-0.4, -0.2) is 11.6 Å². The van der Waals surface area contributed by atoms with E-state index in [1.165, 1.54) is 0 Å². The molecular weight excluding hydrogens is 350 g/mol. The third-order valence-corrected chi connectivity index (χ3v) is 3.41. The topological polar surface area (TPSA) is 52.3 Å². The monoisotopic (exact) mass is 363 g/mol. The van der Waals surface area contributed by atoms with Gasteiger partial charge in [-0.2, -0.15) is 0 Å².